The van der Waals surface area contributed by atoms with Gasteiger partial charge in [0.25, 0.3) is 5.91 Å². The standard InChI is InChI=1S/C22H27N3O3/c1-3-4-5-8-14-23-19(26)15-25-20(27)22(2,24-21(25)28)18-13-9-11-16-10-6-7-12-17(16)18/h6-7,9-13H,3-5,8,14-15H2,1-2H3,(H,23,26)(H,24,28). The molecule has 0 aromatic heterocycles. The molecule has 4 amide bonds. The number of hydrogen-bond acceptors (Lipinski definition) is 3. The van der Waals surface area contributed by atoms with Crippen molar-refractivity contribution in [1.82, 2.24) is 15.5 Å². The van der Waals surface area contributed by atoms with Crippen LogP contribution in [0.3, 0.4) is 0 Å². The molecule has 6 heteroatoms. The van der Waals surface area contributed by atoms with Gasteiger partial charge in [-0.3, -0.25) is 14.5 Å². The maximum atomic E-state index is 13.1. The van der Waals surface area contributed by atoms with Crippen LogP contribution in [0.5, 0.6) is 0 Å². The van der Waals surface area contributed by atoms with Crippen LogP contribution in [0.2, 0.25) is 0 Å². The van der Waals surface area contributed by atoms with Crippen molar-refractivity contribution in [1.29, 1.82) is 0 Å². The highest BCUT2D eigenvalue weighted by Crippen LogP contribution is 2.33. The number of fused-ring (bicyclic) bond motifs is 1. The predicted octanol–water partition coefficient (Wildman–Crippen LogP) is 3.30. The second kappa shape index (κ2) is 8.42. The molecule has 2 aromatic rings. The molecule has 1 aliphatic rings. The van der Waals surface area contributed by atoms with Gasteiger partial charge in [0.15, 0.2) is 0 Å². The zero-order chi connectivity index (χ0) is 20.1. The number of urea groups is 1. The van der Waals surface area contributed by atoms with Crippen LogP contribution in [-0.4, -0.2) is 35.8 Å². The number of hydrogen-bond donors (Lipinski definition) is 2. The minimum absolute atomic E-state index is 0.265. The summed E-state index contributed by atoms with van der Waals surface area (Å²) in [6.07, 6.45) is 4.21. The van der Waals surface area contributed by atoms with Gasteiger partial charge in [-0.25, -0.2) is 4.79 Å². The molecule has 1 unspecified atom stereocenters. The molecule has 148 valence electrons. The third-order valence-electron chi connectivity index (χ3n) is 5.26. The monoisotopic (exact) mass is 381 g/mol. The predicted molar refractivity (Wildman–Crippen MR) is 109 cm³/mol. The van der Waals surface area contributed by atoms with Crippen molar-refractivity contribution < 1.29 is 14.4 Å². The highest BCUT2D eigenvalue weighted by Gasteiger charge is 2.50. The molecule has 6 nitrogen and oxygen atoms in total. The molecular weight excluding hydrogens is 354 g/mol. The van der Waals surface area contributed by atoms with E-state index in [1.165, 1.54) is 0 Å². The molecule has 1 fully saturated rings. The zero-order valence-corrected chi connectivity index (χ0v) is 16.5. The number of rotatable bonds is 8. The quantitative estimate of drug-likeness (QED) is 0.544. The van der Waals surface area contributed by atoms with Crippen LogP contribution in [0.25, 0.3) is 10.8 Å². The summed E-state index contributed by atoms with van der Waals surface area (Å²) in [5.41, 5.74) is -0.467. The number of nitrogens with zero attached hydrogens (tertiary/aromatic N) is 1. The Bertz CT molecular complexity index is 890. The van der Waals surface area contributed by atoms with E-state index < -0.39 is 17.5 Å². The van der Waals surface area contributed by atoms with E-state index in [1.807, 2.05) is 42.5 Å². The van der Waals surface area contributed by atoms with Crippen molar-refractivity contribution >= 4 is 28.6 Å². The SMILES string of the molecule is CCCCCCNC(=O)CN1C(=O)NC(C)(c2cccc3ccccc23)C1=O. The Morgan fingerprint density at radius 2 is 1.82 bits per heavy atom. The van der Waals surface area contributed by atoms with Crippen LogP contribution < -0.4 is 10.6 Å². The van der Waals surface area contributed by atoms with Crippen LogP contribution in [0.15, 0.2) is 42.5 Å². The van der Waals surface area contributed by atoms with Crippen LogP contribution in [-0.2, 0) is 15.1 Å². The smallest absolute Gasteiger partial charge is 0.325 e. The first-order valence-electron chi connectivity index (χ1n) is 9.86. The van der Waals surface area contributed by atoms with Gasteiger partial charge < -0.3 is 10.6 Å². The fraction of sp³-hybridized carbons (Fsp3) is 0.409. The molecule has 1 heterocycles. The number of unbranched alkanes of at least 4 members (excludes halogenated alkanes) is 3. The third-order valence-corrected chi connectivity index (χ3v) is 5.26. The number of nitrogens with one attached hydrogen (secondary N) is 2. The summed E-state index contributed by atoms with van der Waals surface area (Å²) in [5, 5.41) is 7.48. The fourth-order valence-corrected chi connectivity index (χ4v) is 3.66. The first-order valence-corrected chi connectivity index (χ1v) is 9.86. The van der Waals surface area contributed by atoms with E-state index in [0.29, 0.717) is 6.54 Å². The molecule has 0 radical (unpaired) electrons. The normalized spacial score (nSPS) is 19.1. The van der Waals surface area contributed by atoms with Gasteiger partial charge >= 0.3 is 6.03 Å². The van der Waals surface area contributed by atoms with Crippen molar-refractivity contribution in [2.75, 3.05) is 13.1 Å². The Balaban J connectivity index is 1.73. The third kappa shape index (κ3) is 3.86. The molecule has 2 N–H and O–H groups in total. The van der Waals surface area contributed by atoms with Gasteiger partial charge in [-0.2, -0.15) is 0 Å². The van der Waals surface area contributed by atoms with E-state index in [9.17, 15) is 14.4 Å². The summed E-state index contributed by atoms with van der Waals surface area (Å²) < 4.78 is 0. The number of amides is 4. The van der Waals surface area contributed by atoms with E-state index in [4.69, 9.17) is 0 Å². The lowest BCUT2D eigenvalue weighted by Gasteiger charge is -2.24. The molecule has 28 heavy (non-hydrogen) atoms. The molecule has 1 aliphatic heterocycles. The van der Waals surface area contributed by atoms with Crippen molar-refractivity contribution in [2.24, 2.45) is 0 Å². The van der Waals surface area contributed by atoms with Gasteiger partial charge in [0, 0.05) is 6.54 Å². The Morgan fingerprint density at radius 1 is 1.07 bits per heavy atom. The summed E-state index contributed by atoms with van der Waals surface area (Å²) >= 11 is 0. The van der Waals surface area contributed by atoms with E-state index in [2.05, 4.69) is 17.6 Å². The summed E-state index contributed by atoms with van der Waals surface area (Å²) in [5.74, 6) is -0.725. The lowest BCUT2D eigenvalue weighted by atomic mass is 9.88. The molecule has 2 aromatic carbocycles. The van der Waals surface area contributed by atoms with Crippen molar-refractivity contribution in [3.8, 4) is 0 Å². The number of carbonyl (C=O) groups excluding carboxylic acids is 3. The Hall–Kier alpha value is -2.89. The summed E-state index contributed by atoms with van der Waals surface area (Å²) in [7, 11) is 0. The van der Waals surface area contributed by atoms with Crippen molar-refractivity contribution in [2.45, 2.75) is 45.1 Å². The minimum Gasteiger partial charge on any atom is -0.355 e. The molecule has 0 spiro atoms. The Kier molecular flexibility index (Phi) is 5.97. The maximum absolute atomic E-state index is 13.1. The van der Waals surface area contributed by atoms with E-state index in [-0.39, 0.29) is 12.5 Å². The second-order valence-corrected chi connectivity index (χ2v) is 7.38. The second-order valence-electron chi connectivity index (χ2n) is 7.38. The zero-order valence-electron chi connectivity index (χ0n) is 16.5. The van der Waals surface area contributed by atoms with E-state index in [1.54, 1.807) is 6.92 Å². The molecule has 0 saturated carbocycles. The first kappa shape index (κ1) is 19.9. The number of carbonyl (C=O) groups is 3. The average Bonchev–Trinajstić information content (AvgIpc) is 2.91. The molecule has 0 aliphatic carbocycles. The van der Waals surface area contributed by atoms with Gasteiger partial charge in [-0.05, 0) is 29.7 Å². The topological polar surface area (TPSA) is 78.5 Å². The van der Waals surface area contributed by atoms with Crippen molar-refractivity contribution in [3.63, 3.8) is 0 Å². The Morgan fingerprint density at radius 3 is 2.61 bits per heavy atom. The van der Waals surface area contributed by atoms with Crippen LogP contribution in [0.4, 0.5) is 4.79 Å². The highest BCUT2D eigenvalue weighted by atomic mass is 16.2. The van der Waals surface area contributed by atoms with Crippen LogP contribution in [0, 0.1) is 0 Å². The van der Waals surface area contributed by atoms with Gasteiger partial charge in [-0.15, -0.1) is 0 Å². The fourth-order valence-electron chi connectivity index (χ4n) is 3.66. The Labute approximate surface area is 165 Å². The largest absolute Gasteiger partial charge is 0.355 e. The highest BCUT2D eigenvalue weighted by molar-refractivity contribution is 6.10. The summed E-state index contributed by atoms with van der Waals surface area (Å²) in [6.45, 7) is 4.11. The summed E-state index contributed by atoms with van der Waals surface area (Å²) in [6, 6.07) is 12.9. The first-order chi connectivity index (χ1) is 13.5. The number of benzene rings is 2. The van der Waals surface area contributed by atoms with Gasteiger partial charge in [-0.1, -0.05) is 68.7 Å². The lowest BCUT2D eigenvalue weighted by Crippen LogP contribution is -2.43. The molecular formula is C22H27N3O3. The van der Waals surface area contributed by atoms with Crippen molar-refractivity contribution in [3.05, 3.63) is 48.0 Å². The van der Waals surface area contributed by atoms with Gasteiger partial charge in [0.2, 0.25) is 5.91 Å². The minimum atomic E-state index is -1.20. The van der Waals surface area contributed by atoms with E-state index >= 15 is 0 Å². The van der Waals surface area contributed by atoms with Crippen LogP contribution in [0.1, 0.15) is 45.1 Å². The van der Waals surface area contributed by atoms with E-state index in [0.717, 1.165) is 46.9 Å². The summed E-state index contributed by atoms with van der Waals surface area (Å²) in [4.78, 5) is 38.8. The number of imide groups is 1. The molecule has 1 atom stereocenters. The lowest BCUT2D eigenvalue weighted by molar-refractivity contribution is -0.134. The van der Waals surface area contributed by atoms with Gasteiger partial charge in [0.05, 0.1) is 0 Å². The molecule has 3 rings (SSSR count). The van der Waals surface area contributed by atoms with Gasteiger partial charge in [0.1, 0.15) is 12.1 Å². The van der Waals surface area contributed by atoms with Crippen LogP contribution >= 0.6 is 0 Å². The molecule has 0 bridgehead atoms. The maximum Gasteiger partial charge on any atom is 0.325 e. The average molecular weight is 381 g/mol. The molecule has 1 saturated heterocycles.